The predicted molar refractivity (Wildman–Crippen MR) is 101 cm³/mol. The molecule has 1 amide bonds. The van der Waals surface area contributed by atoms with Crippen molar-refractivity contribution in [1.82, 2.24) is 0 Å². The fraction of sp³-hybridized carbons (Fsp3) is 0.381. The summed E-state index contributed by atoms with van der Waals surface area (Å²) in [5, 5.41) is 2.89. The lowest BCUT2D eigenvalue weighted by molar-refractivity contribution is -0.122. The number of rotatable bonds is 8. The lowest BCUT2D eigenvalue weighted by Gasteiger charge is -2.17. The quantitative estimate of drug-likeness (QED) is 0.696. The Morgan fingerprint density at radius 2 is 1.88 bits per heavy atom. The Hall–Kier alpha value is -2.49. The van der Waals surface area contributed by atoms with E-state index in [2.05, 4.69) is 12.2 Å². The van der Waals surface area contributed by atoms with Crippen LogP contribution in [-0.2, 0) is 4.79 Å². The van der Waals surface area contributed by atoms with E-state index in [9.17, 15) is 4.79 Å². The molecule has 2 aromatic carbocycles. The van der Waals surface area contributed by atoms with Crippen LogP contribution in [0.15, 0.2) is 42.5 Å². The number of amides is 1. The van der Waals surface area contributed by atoms with E-state index in [4.69, 9.17) is 9.47 Å². The van der Waals surface area contributed by atoms with E-state index < -0.39 is 6.10 Å². The maximum Gasteiger partial charge on any atom is 0.265 e. The van der Waals surface area contributed by atoms with E-state index in [0.29, 0.717) is 23.8 Å². The molecule has 4 nitrogen and oxygen atoms in total. The molecule has 4 heteroatoms. The highest BCUT2D eigenvalue weighted by molar-refractivity contribution is 5.95. The molecule has 0 fully saturated rings. The van der Waals surface area contributed by atoms with Gasteiger partial charge in [0.15, 0.2) is 6.10 Å². The van der Waals surface area contributed by atoms with Crippen LogP contribution in [-0.4, -0.2) is 18.6 Å². The number of hydrogen-bond acceptors (Lipinski definition) is 3. The van der Waals surface area contributed by atoms with Crippen molar-refractivity contribution in [2.24, 2.45) is 0 Å². The molecule has 2 rings (SSSR count). The van der Waals surface area contributed by atoms with Crippen LogP contribution in [0.5, 0.6) is 11.5 Å². The first-order chi connectivity index (χ1) is 12.0. The number of anilines is 1. The van der Waals surface area contributed by atoms with Gasteiger partial charge in [-0.15, -0.1) is 0 Å². The molecule has 0 radical (unpaired) electrons. The molecule has 1 unspecified atom stereocenters. The average molecular weight is 341 g/mol. The van der Waals surface area contributed by atoms with E-state index in [0.717, 1.165) is 18.4 Å². The molecule has 0 spiro atoms. The number of hydrogen-bond donors (Lipinski definition) is 1. The summed E-state index contributed by atoms with van der Waals surface area (Å²) in [7, 11) is 0. The van der Waals surface area contributed by atoms with E-state index in [1.54, 1.807) is 6.92 Å². The third-order valence-electron chi connectivity index (χ3n) is 4.06. The maximum absolute atomic E-state index is 12.5. The number of para-hydroxylation sites is 2. The van der Waals surface area contributed by atoms with Gasteiger partial charge in [-0.25, -0.2) is 0 Å². The van der Waals surface area contributed by atoms with Crippen molar-refractivity contribution in [3.05, 3.63) is 53.6 Å². The molecule has 134 valence electrons. The third kappa shape index (κ3) is 5.52. The Balaban J connectivity index is 1.99. The highest BCUT2D eigenvalue weighted by Gasteiger charge is 2.17. The molecule has 25 heavy (non-hydrogen) atoms. The first kappa shape index (κ1) is 18.8. The molecule has 0 saturated heterocycles. The number of carbonyl (C=O) groups is 1. The lowest BCUT2D eigenvalue weighted by Crippen LogP contribution is -2.30. The molecule has 0 aliphatic carbocycles. The number of ether oxygens (including phenoxy) is 2. The Labute approximate surface area is 150 Å². The van der Waals surface area contributed by atoms with Gasteiger partial charge in [0.1, 0.15) is 11.5 Å². The van der Waals surface area contributed by atoms with Gasteiger partial charge in [-0.2, -0.15) is 0 Å². The summed E-state index contributed by atoms with van der Waals surface area (Å²) in [5.74, 6) is 1.17. The van der Waals surface area contributed by atoms with Gasteiger partial charge in [0.25, 0.3) is 5.91 Å². The molecule has 0 aliphatic rings. The van der Waals surface area contributed by atoms with Crippen LogP contribution < -0.4 is 14.8 Å². The topological polar surface area (TPSA) is 47.6 Å². The number of benzene rings is 2. The zero-order chi connectivity index (χ0) is 18.2. The van der Waals surface area contributed by atoms with Gasteiger partial charge >= 0.3 is 0 Å². The van der Waals surface area contributed by atoms with Crippen LogP contribution >= 0.6 is 0 Å². The highest BCUT2D eigenvalue weighted by Crippen LogP contribution is 2.25. The number of nitrogens with one attached hydrogen (secondary N) is 1. The minimum Gasteiger partial charge on any atom is -0.491 e. The molecule has 1 N–H and O–H groups in total. The summed E-state index contributed by atoms with van der Waals surface area (Å²) in [6.45, 7) is 8.56. The van der Waals surface area contributed by atoms with Crippen molar-refractivity contribution in [2.45, 2.75) is 46.6 Å². The predicted octanol–water partition coefficient (Wildman–Crippen LogP) is 4.89. The third-order valence-corrected chi connectivity index (χ3v) is 4.06. The number of carbonyl (C=O) groups excluding carboxylic acids is 1. The minimum absolute atomic E-state index is 0.204. The van der Waals surface area contributed by atoms with E-state index >= 15 is 0 Å². The average Bonchev–Trinajstić information content (AvgIpc) is 2.59. The van der Waals surface area contributed by atoms with Gasteiger partial charge in [-0.05, 0) is 62.6 Å². The van der Waals surface area contributed by atoms with Crippen LogP contribution in [0.25, 0.3) is 0 Å². The van der Waals surface area contributed by atoms with Crippen LogP contribution in [0, 0.1) is 13.8 Å². The van der Waals surface area contributed by atoms with Crippen molar-refractivity contribution in [3.63, 3.8) is 0 Å². The fourth-order valence-corrected chi connectivity index (χ4v) is 2.30. The van der Waals surface area contributed by atoms with E-state index in [1.807, 2.05) is 56.3 Å². The lowest BCUT2D eigenvalue weighted by atomic mass is 10.1. The highest BCUT2D eigenvalue weighted by atomic mass is 16.5. The molecule has 0 saturated carbocycles. The largest absolute Gasteiger partial charge is 0.491 e. The van der Waals surface area contributed by atoms with Crippen molar-refractivity contribution in [1.29, 1.82) is 0 Å². The molecule has 1 atom stereocenters. The summed E-state index contributed by atoms with van der Waals surface area (Å²) in [6.07, 6.45) is 1.44. The van der Waals surface area contributed by atoms with Gasteiger partial charge in [0.05, 0.1) is 12.3 Å². The summed E-state index contributed by atoms with van der Waals surface area (Å²) in [5.41, 5.74) is 3.00. The Morgan fingerprint density at radius 1 is 1.12 bits per heavy atom. The zero-order valence-electron chi connectivity index (χ0n) is 15.5. The summed E-state index contributed by atoms with van der Waals surface area (Å²) in [6, 6.07) is 13.3. The van der Waals surface area contributed by atoms with Crippen LogP contribution in [0.4, 0.5) is 5.69 Å². The summed E-state index contributed by atoms with van der Waals surface area (Å²) >= 11 is 0. The van der Waals surface area contributed by atoms with E-state index in [-0.39, 0.29) is 5.91 Å². The van der Waals surface area contributed by atoms with Crippen LogP contribution in [0.2, 0.25) is 0 Å². The Bertz CT molecular complexity index is 712. The maximum atomic E-state index is 12.5. The zero-order valence-corrected chi connectivity index (χ0v) is 15.5. The molecule has 0 aliphatic heterocycles. The second-order valence-electron chi connectivity index (χ2n) is 6.19. The number of unbranched alkanes of at least 4 members (excludes halogenated alkanes) is 1. The van der Waals surface area contributed by atoms with E-state index in [1.165, 1.54) is 5.56 Å². The normalized spacial score (nSPS) is 11.7. The van der Waals surface area contributed by atoms with Gasteiger partial charge in [0.2, 0.25) is 0 Å². The van der Waals surface area contributed by atoms with Crippen molar-refractivity contribution < 1.29 is 14.3 Å². The van der Waals surface area contributed by atoms with Crippen LogP contribution in [0.3, 0.4) is 0 Å². The Morgan fingerprint density at radius 3 is 2.60 bits per heavy atom. The molecule has 0 bridgehead atoms. The minimum atomic E-state index is -0.606. The van der Waals surface area contributed by atoms with Crippen molar-refractivity contribution in [2.75, 3.05) is 11.9 Å². The summed E-state index contributed by atoms with van der Waals surface area (Å²) in [4.78, 5) is 12.5. The smallest absolute Gasteiger partial charge is 0.265 e. The fourth-order valence-electron chi connectivity index (χ4n) is 2.30. The molecule has 2 aromatic rings. The number of aryl methyl sites for hydroxylation is 2. The van der Waals surface area contributed by atoms with Crippen molar-refractivity contribution >= 4 is 11.6 Å². The van der Waals surface area contributed by atoms with Gasteiger partial charge in [-0.3, -0.25) is 4.79 Å². The monoisotopic (exact) mass is 341 g/mol. The molecule has 0 aromatic heterocycles. The van der Waals surface area contributed by atoms with Gasteiger partial charge in [-0.1, -0.05) is 31.5 Å². The summed E-state index contributed by atoms with van der Waals surface area (Å²) < 4.78 is 11.5. The second-order valence-corrected chi connectivity index (χ2v) is 6.19. The molecular weight excluding hydrogens is 314 g/mol. The SMILES string of the molecule is CCCCOc1ccccc1NC(=O)C(C)Oc1ccc(C)c(C)c1. The van der Waals surface area contributed by atoms with Gasteiger partial charge < -0.3 is 14.8 Å². The van der Waals surface area contributed by atoms with Crippen LogP contribution in [0.1, 0.15) is 37.8 Å². The standard InChI is InChI=1S/C21H27NO3/c1-5-6-13-24-20-10-8-7-9-19(20)22-21(23)17(4)25-18-12-11-15(2)16(3)14-18/h7-12,14,17H,5-6,13H2,1-4H3,(H,22,23). The van der Waals surface area contributed by atoms with Gasteiger partial charge in [0, 0.05) is 0 Å². The first-order valence-corrected chi connectivity index (χ1v) is 8.78. The first-order valence-electron chi connectivity index (χ1n) is 8.78. The Kier molecular flexibility index (Phi) is 6.87. The molecule has 0 heterocycles. The second kappa shape index (κ2) is 9.11. The molecular formula is C21H27NO3. The van der Waals surface area contributed by atoms with Crippen molar-refractivity contribution in [3.8, 4) is 11.5 Å².